The summed E-state index contributed by atoms with van der Waals surface area (Å²) in [6, 6.07) is 16.2. The van der Waals surface area contributed by atoms with Crippen molar-refractivity contribution < 1.29 is 5.11 Å². The van der Waals surface area contributed by atoms with Crippen LogP contribution in [0.25, 0.3) is 0 Å². The summed E-state index contributed by atoms with van der Waals surface area (Å²) >= 11 is 12.2. The summed E-state index contributed by atoms with van der Waals surface area (Å²) in [5, 5.41) is 17.4. The number of aliphatic hydroxyl groups is 1. The number of nitrogens with one attached hydrogen (secondary N) is 1. The van der Waals surface area contributed by atoms with E-state index in [-0.39, 0.29) is 23.9 Å². The summed E-state index contributed by atoms with van der Waals surface area (Å²) in [5.41, 5.74) is 1.62. The Morgan fingerprint density at radius 2 is 1.36 bits per heavy atom. The lowest BCUT2D eigenvalue weighted by molar-refractivity contribution is -0.125. The van der Waals surface area contributed by atoms with Crippen LogP contribution in [-0.2, 0) is 0 Å². The van der Waals surface area contributed by atoms with Crippen molar-refractivity contribution in [3.8, 4) is 0 Å². The Morgan fingerprint density at radius 1 is 0.857 bits per heavy atom. The normalized spacial score (nSPS) is 30.4. The quantitative estimate of drug-likeness (QED) is 0.529. The first-order valence-corrected chi connectivity index (χ1v) is 11.2. The molecule has 1 aliphatic rings. The highest BCUT2D eigenvalue weighted by Crippen LogP contribution is 2.50. The Hall–Kier alpha value is -1.06. The number of benzene rings is 2. The Bertz CT molecular complexity index is 761. The standard InChI is InChI=1S/C24H31Cl2NO/c1-4-6-21-23(18-9-13-20(26)14-10-18)27-22(16(3)24(21,28)15-5-2)17-7-11-19(25)12-8-17/h7-14,16,21-23,27-28H,4-6,15H2,1-3H3. The second-order valence-electron chi connectivity index (χ2n) is 8.15. The fourth-order valence-corrected chi connectivity index (χ4v) is 5.22. The largest absolute Gasteiger partial charge is 0.389 e. The number of piperidine rings is 1. The van der Waals surface area contributed by atoms with E-state index in [1.807, 2.05) is 24.3 Å². The SMILES string of the molecule is CCCC1C(c2ccc(Cl)cc2)NC(c2ccc(Cl)cc2)C(C)C1(O)CCC. The summed E-state index contributed by atoms with van der Waals surface area (Å²) in [6.07, 6.45) is 3.78. The highest BCUT2D eigenvalue weighted by Gasteiger charge is 2.51. The lowest BCUT2D eigenvalue weighted by Gasteiger charge is -2.53. The van der Waals surface area contributed by atoms with Crippen LogP contribution in [0, 0.1) is 11.8 Å². The fraction of sp³-hybridized carbons (Fsp3) is 0.500. The molecular formula is C24H31Cl2NO. The van der Waals surface area contributed by atoms with Crippen LogP contribution >= 0.6 is 23.2 Å². The monoisotopic (exact) mass is 419 g/mol. The van der Waals surface area contributed by atoms with Crippen molar-refractivity contribution in [3.63, 3.8) is 0 Å². The topological polar surface area (TPSA) is 32.3 Å². The minimum Gasteiger partial charge on any atom is -0.389 e. The molecule has 5 atom stereocenters. The Morgan fingerprint density at radius 3 is 1.82 bits per heavy atom. The van der Waals surface area contributed by atoms with Gasteiger partial charge in [0.15, 0.2) is 0 Å². The molecule has 0 saturated carbocycles. The van der Waals surface area contributed by atoms with Gasteiger partial charge < -0.3 is 10.4 Å². The molecule has 5 unspecified atom stereocenters. The van der Waals surface area contributed by atoms with Crippen LogP contribution in [0.15, 0.2) is 48.5 Å². The zero-order valence-corrected chi connectivity index (χ0v) is 18.5. The van der Waals surface area contributed by atoms with Gasteiger partial charge in [-0.25, -0.2) is 0 Å². The summed E-state index contributed by atoms with van der Waals surface area (Å²) in [5.74, 6) is 0.242. The van der Waals surface area contributed by atoms with Crippen LogP contribution in [0.4, 0.5) is 0 Å². The van der Waals surface area contributed by atoms with Gasteiger partial charge in [-0.3, -0.25) is 0 Å². The molecule has 1 heterocycles. The molecule has 4 heteroatoms. The van der Waals surface area contributed by atoms with Gasteiger partial charge in [-0.05, 0) is 48.2 Å². The number of hydrogen-bond donors (Lipinski definition) is 2. The van der Waals surface area contributed by atoms with Crippen LogP contribution in [0.2, 0.25) is 10.0 Å². The molecule has 0 aliphatic carbocycles. The lowest BCUT2D eigenvalue weighted by Crippen LogP contribution is -2.58. The van der Waals surface area contributed by atoms with Crippen molar-refractivity contribution in [1.82, 2.24) is 5.32 Å². The highest BCUT2D eigenvalue weighted by atomic mass is 35.5. The van der Waals surface area contributed by atoms with Gasteiger partial charge in [0.05, 0.1) is 5.60 Å². The Labute approximate surface area is 179 Å². The first kappa shape index (κ1) is 21.6. The third-order valence-electron chi connectivity index (χ3n) is 6.40. The minimum atomic E-state index is -0.732. The van der Waals surface area contributed by atoms with E-state index >= 15 is 0 Å². The average Bonchev–Trinajstić information content (AvgIpc) is 2.68. The molecule has 0 spiro atoms. The zero-order chi connectivity index (χ0) is 20.3. The van der Waals surface area contributed by atoms with Crippen molar-refractivity contribution in [2.45, 2.75) is 64.1 Å². The van der Waals surface area contributed by atoms with Gasteiger partial charge in [-0.15, -0.1) is 0 Å². The second-order valence-corrected chi connectivity index (χ2v) is 9.02. The Balaban J connectivity index is 2.06. The molecule has 1 fully saturated rings. The number of hydrogen-bond acceptors (Lipinski definition) is 2. The number of rotatable bonds is 6. The molecule has 0 bridgehead atoms. The van der Waals surface area contributed by atoms with Crippen molar-refractivity contribution >= 4 is 23.2 Å². The van der Waals surface area contributed by atoms with E-state index in [1.165, 1.54) is 11.1 Å². The first-order valence-electron chi connectivity index (χ1n) is 10.4. The third-order valence-corrected chi connectivity index (χ3v) is 6.90. The predicted octanol–water partition coefficient (Wildman–Crippen LogP) is 6.96. The number of halogens is 2. The van der Waals surface area contributed by atoms with E-state index in [0.717, 1.165) is 35.7 Å². The van der Waals surface area contributed by atoms with Gasteiger partial charge in [-0.1, -0.05) is 81.1 Å². The van der Waals surface area contributed by atoms with Crippen molar-refractivity contribution in [1.29, 1.82) is 0 Å². The molecule has 152 valence electrons. The smallest absolute Gasteiger partial charge is 0.0737 e. The van der Waals surface area contributed by atoms with Gasteiger partial charge in [0.25, 0.3) is 0 Å². The van der Waals surface area contributed by atoms with Crippen molar-refractivity contribution in [2.75, 3.05) is 0 Å². The summed E-state index contributed by atoms with van der Waals surface area (Å²) < 4.78 is 0. The second kappa shape index (κ2) is 9.17. The van der Waals surface area contributed by atoms with Crippen molar-refractivity contribution in [3.05, 3.63) is 69.7 Å². The fourth-order valence-electron chi connectivity index (χ4n) is 4.96. The molecule has 3 rings (SSSR count). The summed E-state index contributed by atoms with van der Waals surface area (Å²) in [7, 11) is 0. The molecule has 0 aromatic heterocycles. The van der Waals surface area contributed by atoms with Gasteiger partial charge >= 0.3 is 0 Å². The van der Waals surface area contributed by atoms with E-state index < -0.39 is 5.60 Å². The first-order chi connectivity index (χ1) is 13.4. The average molecular weight is 420 g/mol. The van der Waals surface area contributed by atoms with E-state index in [4.69, 9.17) is 23.2 Å². The molecule has 2 nitrogen and oxygen atoms in total. The maximum Gasteiger partial charge on any atom is 0.0737 e. The van der Waals surface area contributed by atoms with E-state index in [9.17, 15) is 5.11 Å². The molecule has 2 N–H and O–H groups in total. The lowest BCUT2D eigenvalue weighted by atomic mass is 9.62. The molecule has 2 aromatic rings. The molecule has 2 aromatic carbocycles. The summed E-state index contributed by atoms with van der Waals surface area (Å²) in [4.78, 5) is 0. The maximum absolute atomic E-state index is 12.0. The molecule has 1 saturated heterocycles. The van der Waals surface area contributed by atoms with Gasteiger partial charge in [0, 0.05) is 34.0 Å². The summed E-state index contributed by atoms with van der Waals surface area (Å²) in [6.45, 7) is 6.54. The molecule has 0 amide bonds. The molecule has 28 heavy (non-hydrogen) atoms. The van der Waals surface area contributed by atoms with Crippen LogP contribution in [0.3, 0.4) is 0 Å². The van der Waals surface area contributed by atoms with Gasteiger partial charge in [0.2, 0.25) is 0 Å². The molecule has 0 radical (unpaired) electrons. The Kier molecular flexibility index (Phi) is 7.09. The van der Waals surface area contributed by atoms with Crippen molar-refractivity contribution in [2.24, 2.45) is 11.8 Å². The van der Waals surface area contributed by atoms with E-state index in [1.54, 1.807) is 0 Å². The minimum absolute atomic E-state index is 0.0580. The third kappa shape index (κ3) is 4.26. The highest BCUT2D eigenvalue weighted by molar-refractivity contribution is 6.30. The maximum atomic E-state index is 12.0. The van der Waals surface area contributed by atoms with Crippen LogP contribution < -0.4 is 5.32 Å². The zero-order valence-electron chi connectivity index (χ0n) is 17.0. The predicted molar refractivity (Wildman–Crippen MR) is 119 cm³/mol. The van der Waals surface area contributed by atoms with Crippen LogP contribution in [0.5, 0.6) is 0 Å². The van der Waals surface area contributed by atoms with Crippen LogP contribution in [0.1, 0.15) is 69.7 Å². The van der Waals surface area contributed by atoms with E-state index in [2.05, 4.69) is 50.4 Å². The molecular weight excluding hydrogens is 389 g/mol. The molecule has 1 aliphatic heterocycles. The van der Waals surface area contributed by atoms with Gasteiger partial charge in [0.1, 0.15) is 0 Å². The van der Waals surface area contributed by atoms with Crippen LogP contribution in [-0.4, -0.2) is 10.7 Å². The van der Waals surface area contributed by atoms with Gasteiger partial charge in [-0.2, -0.15) is 0 Å². The van der Waals surface area contributed by atoms with E-state index in [0.29, 0.717) is 0 Å².